The van der Waals surface area contributed by atoms with Crippen LogP contribution in [0.4, 0.5) is 5.69 Å². The molecule has 2 aromatic rings. The maximum absolute atomic E-state index is 11.9. The lowest BCUT2D eigenvalue weighted by atomic mass is 10.2. The number of nitro benzene ring substituents is 1. The first kappa shape index (κ1) is 21.8. The predicted molar refractivity (Wildman–Crippen MR) is 102 cm³/mol. The Hall–Kier alpha value is -3.54. The predicted octanol–water partition coefficient (Wildman–Crippen LogP) is 1.10. The number of amides is 2. The lowest BCUT2D eigenvalue weighted by molar-refractivity contribution is -0.384. The standard InChI is InChI=1S/C17H17N5O6S/c1-10-7-11(2)19-17(18-10)29-9-15(24)28-8-14(23)20-21-16(25)12-3-5-13(6-4-12)22(26)27/h3-7H,8-9H2,1-2H3,(H,20,23)(H,21,25). The average molecular weight is 419 g/mol. The maximum Gasteiger partial charge on any atom is 0.316 e. The number of ether oxygens (including phenoxy) is 1. The van der Waals surface area contributed by atoms with E-state index in [1.807, 2.05) is 13.8 Å². The number of carbonyl (C=O) groups excluding carboxylic acids is 3. The van der Waals surface area contributed by atoms with Crippen LogP contribution in [0.2, 0.25) is 0 Å². The number of benzene rings is 1. The first-order valence-corrected chi connectivity index (χ1v) is 9.17. The van der Waals surface area contributed by atoms with Crippen LogP contribution in [0.1, 0.15) is 21.7 Å². The highest BCUT2D eigenvalue weighted by Crippen LogP contribution is 2.14. The molecular formula is C17H17N5O6S. The SMILES string of the molecule is Cc1cc(C)nc(SCC(=O)OCC(=O)NNC(=O)c2ccc([N+](=O)[O-])cc2)n1. The maximum atomic E-state index is 11.9. The summed E-state index contributed by atoms with van der Waals surface area (Å²) in [5.41, 5.74) is 5.69. The number of nitrogens with zero attached hydrogens (tertiary/aromatic N) is 3. The van der Waals surface area contributed by atoms with E-state index in [1.54, 1.807) is 6.07 Å². The molecule has 0 unspecified atom stereocenters. The van der Waals surface area contributed by atoms with Crippen LogP contribution in [0.5, 0.6) is 0 Å². The molecule has 0 saturated heterocycles. The van der Waals surface area contributed by atoms with E-state index in [0.717, 1.165) is 35.3 Å². The molecule has 0 aliphatic heterocycles. The van der Waals surface area contributed by atoms with Crippen molar-refractivity contribution in [2.75, 3.05) is 12.4 Å². The number of aromatic nitrogens is 2. The minimum absolute atomic E-state index is 0.0780. The molecule has 2 amide bonds. The van der Waals surface area contributed by atoms with Crippen molar-refractivity contribution in [1.82, 2.24) is 20.8 Å². The van der Waals surface area contributed by atoms with Crippen LogP contribution in [0, 0.1) is 24.0 Å². The van der Waals surface area contributed by atoms with E-state index in [4.69, 9.17) is 4.74 Å². The molecule has 0 aliphatic rings. The fraction of sp³-hybridized carbons (Fsp3) is 0.235. The third-order valence-corrected chi connectivity index (χ3v) is 4.12. The fourth-order valence-electron chi connectivity index (χ4n) is 2.04. The van der Waals surface area contributed by atoms with Gasteiger partial charge < -0.3 is 4.74 Å². The van der Waals surface area contributed by atoms with Crippen LogP contribution in [0.25, 0.3) is 0 Å². The van der Waals surface area contributed by atoms with E-state index < -0.39 is 29.3 Å². The summed E-state index contributed by atoms with van der Waals surface area (Å²) in [6, 6.07) is 6.61. The van der Waals surface area contributed by atoms with Crippen molar-refractivity contribution < 1.29 is 24.0 Å². The molecule has 0 bridgehead atoms. The normalized spacial score (nSPS) is 10.1. The zero-order chi connectivity index (χ0) is 21.4. The minimum Gasteiger partial charge on any atom is -0.455 e. The van der Waals surface area contributed by atoms with Gasteiger partial charge in [-0.25, -0.2) is 9.97 Å². The molecular weight excluding hydrogens is 402 g/mol. The van der Waals surface area contributed by atoms with Crippen molar-refractivity contribution in [2.24, 2.45) is 0 Å². The summed E-state index contributed by atoms with van der Waals surface area (Å²) in [7, 11) is 0. The third kappa shape index (κ3) is 7.18. The molecule has 29 heavy (non-hydrogen) atoms. The third-order valence-electron chi connectivity index (χ3n) is 3.30. The molecule has 0 aliphatic carbocycles. The Bertz CT molecular complexity index is 914. The molecule has 0 spiro atoms. The van der Waals surface area contributed by atoms with Crippen molar-refractivity contribution in [1.29, 1.82) is 0 Å². The van der Waals surface area contributed by atoms with Gasteiger partial charge in [-0.3, -0.25) is 35.3 Å². The van der Waals surface area contributed by atoms with Gasteiger partial charge in [-0.05, 0) is 32.0 Å². The number of aryl methyl sites for hydroxylation is 2. The first-order chi connectivity index (χ1) is 13.7. The molecule has 1 aromatic heterocycles. The largest absolute Gasteiger partial charge is 0.455 e. The molecule has 2 rings (SSSR count). The monoisotopic (exact) mass is 419 g/mol. The molecule has 0 saturated carbocycles. The zero-order valence-electron chi connectivity index (χ0n) is 15.5. The second-order valence-electron chi connectivity index (χ2n) is 5.69. The molecule has 0 fully saturated rings. The highest BCUT2D eigenvalue weighted by Gasteiger charge is 2.12. The molecule has 0 radical (unpaired) electrons. The number of rotatable bonds is 7. The summed E-state index contributed by atoms with van der Waals surface area (Å²) >= 11 is 1.08. The summed E-state index contributed by atoms with van der Waals surface area (Å²) in [6.07, 6.45) is 0. The summed E-state index contributed by atoms with van der Waals surface area (Å²) in [5.74, 6) is -2.15. The van der Waals surface area contributed by atoms with E-state index in [0.29, 0.717) is 5.16 Å². The van der Waals surface area contributed by atoms with E-state index in [-0.39, 0.29) is 17.0 Å². The van der Waals surface area contributed by atoms with Gasteiger partial charge in [-0.2, -0.15) is 0 Å². The van der Waals surface area contributed by atoms with Crippen molar-refractivity contribution in [2.45, 2.75) is 19.0 Å². The van der Waals surface area contributed by atoms with E-state index >= 15 is 0 Å². The van der Waals surface area contributed by atoms with Crippen LogP contribution < -0.4 is 10.9 Å². The van der Waals surface area contributed by atoms with Crippen LogP contribution in [0.15, 0.2) is 35.5 Å². The summed E-state index contributed by atoms with van der Waals surface area (Å²) in [6.45, 7) is 3.03. The Kier molecular flexibility index (Phi) is 7.60. The van der Waals surface area contributed by atoms with Gasteiger partial charge in [0.2, 0.25) is 0 Å². The summed E-state index contributed by atoms with van der Waals surface area (Å²) < 4.78 is 4.81. The van der Waals surface area contributed by atoms with Crippen molar-refractivity contribution in [3.63, 3.8) is 0 Å². The Labute approximate surface area is 169 Å². The number of nitrogens with one attached hydrogen (secondary N) is 2. The van der Waals surface area contributed by atoms with E-state index in [1.165, 1.54) is 12.1 Å². The second kappa shape index (κ2) is 10.1. The molecule has 12 heteroatoms. The Morgan fingerprint density at radius 2 is 1.72 bits per heavy atom. The fourth-order valence-corrected chi connectivity index (χ4v) is 2.79. The topological polar surface area (TPSA) is 153 Å². The molecule has 1 heterocycles. The zero-order valence-corrected chi connectivity index (χ0v) is 16.3. The number of hydrogen-bond acceptors (Lipinski definition) is 9. The van der Waals surface area contributed by atoms with Crippen LogP contribution >= 0.6 is 11.8 Å². The Morgan fingerprint density at radius 3 is 2.31 bits per heavy atom. The smallest absolute Gasteiger partial charge is 0.316 e. The molecule has 0 atom stereocenters. The summed E-state index contributed by atoms with van der Waals surface area (Å²) in [4.78, 5) is 53.6. The molecule has 2 N–H and O–H groups in total. The minimum atomic E-state index is -0.749. The Morgan fingerprint density at radius 1 is 1.10 bits per heavy atom. The van der Waals surface area contributed by atoms with Crippen LogP contribution in [-0.2, 0) is 14.3 Å². The van der Waals surface area contributed by atoms with Gasteiger partial charge in [0.1, 0.15) is 0 Å². The van der Waals surface area contributed by atoms with E-state index in [9.17, 15) is 24.5 Å². The van der Waals surface area contributed by atoms with Crippen molar-refractivity contribution >= 4 is 35.2 Å². The quantitative estimate of drug-likeness (QED) is 0.221. The molecule has 1 aromatic carbocycles. The van der Waals surface area contributed by atoms with Crippen molar-refractivity contribution in [3.8, 4) is 0 Å². The highest BCUT2D eigenvalue weighted by atomic mass is 32.2. The Balaban J connectivity index is 1.71. The lowest BCUT2D eigenvalue weighted by Crippen LogP contribution is -2.43. The number of thioether (sulfide) groups is 1. The van der Waals surface area contributed by atoms with Crippen LogP contribution in [0.3, 0.4) is 0 Å². The number of non-ortho nitro benzene ring substituents is 1. The van der Waals surface area contributed by atoms with Gasteiger partial charge >= 0.3 is 5.97 Å². The van der Waals surface area contributed by atoms with Gasteiger partial charge in [0, 0.05) is 29.1 Å². The van der Waals surface area contributed by atoms with Gasteiger partial charge in [0.25, 0.3) is 17.5 Å². The van der Waals surface area contributed by atoms with Gasteiger partial charge in [0.15, 0.2) is 11.8 Å². The first-order valence-electron chi connectivity index (χ1n) is 8.19. The number of hydrazine groups is 1. The van der Waals surface area contributed by atoms with E-state index in [2.05, 4.69) is 20.8 Å². The second-order valence-corrected chi connectivity index (χ2v) is 6.63. The highest BCUT2D eigenvalue weighted by molar-refractivity contribution is 7.99. The average Bonchev–Trinajstić information content (AvgIpc) is 2.68. The van der Waals surface area contributed by atoms with Crippen LogP contribution in [-0.4, -0.2) is 45.0 Å². The number of carbonyl (C=O) groups is 3. The van der Waals surface area contributed by atoms with Gasteiger partial charge in [0.05, 0.1) is 10.7 Å². The lowest BCUT2D eigenvalue weighted by Gasteiger charge is -2.08. The number of hydrogen-bond donors (Lipinski definition) is 2. The summed E-state index contributed by atoms with van der Waals surface area (Å²) in [5, 5.41) is 11.0. The molecule has 152 valence electrons. The van der Waals surface area contributed by atoms with Gasteiger partial charge in [-0.1, -0.05) is 11.8 Å². The number of nitro groups is 1. The number of esters is 1. The van der Waals surface area contributed by atoms with Gasteiger partial charge in [-0.15, -0.1) is 0 Å². The molecule has 11 nitrogen and oxygen atoms in total. The van der Waals surface area contributed by atoms with Crippen molar-refractivity contribution in [3.05, 3.63) is 57.4 Å².